The van der Waals surface area contributed by atoms with Crippen molar-refractivity contribution in [3.8, 4) is 0 Å². The molecule has 1 spiro atoms. The molecule has 0 radical (unpaired) electrons. The Morgan fingerprint density at radius 1 is 1.42 bits per heavy atom. The van der Waals surface area contributed by atoms with Crippen LogP contribution in [0.2, 0.25) is 0 Å². The average Bonchev–Trinajstić information content (AvgIpc) is 3.14. The summed E-state index contributed by atoms with van der Waals surface area (Å²) in [5, 5.41) is 5.64. The Kier molecular flexibility index (Phi) is 2.45. The first-order valence-electron chi connectivity index (χ1n) is 6.11. The molecule has 2 atom stereocenters. The molecule has 5 heteroatoms. The Morgan fingerprint density at radius 3 is 2.74 bits per heavy atom. The first-order valence-corrected chi connectivity index (χ1v) is 6.11. The van der Waals surface area contributed by atoms with Crippen molar-refractivity contribution in [2.75, 3.05) is 14.2 Å². The highest BCUT2D eigenvalue weighted by molar-refractivity contribution is 6.24. The largest absolute Gasteiger partial charge is 0.469 e. The van der Waals surface area contributed by atoms with Gasteiger partial charge >= 0.3 is 5.97 Å². The zero-order valence-electron chi connectivity index (χ0n) is 10.8. The van der Waals surface area contributed by atoms with Gasteiger partial charge < -0.3 is 4.74 Å². The molecule has 1 amide bonds. The fourth-order valence-corrected chi connectivity index (χ4v) is 2.77. The van der Waals surface area contributed by atoms with Crippen LogP contribution < -0.4 is 0 Å². The lowest BCUT2D eigenvalue weighted by Gasteiger charge is -2.10. The molecule has 1 fully saturated rings. The average molecular weight is 258 g/mol. The molecule has 0 bridgehead atoms. The minimum atomic E-state index is -0.802. The molecular formula is C14H14N2O3. The second-order valence-corrected chi connectivity index (χ2v) is 4.89. The lowest BCUT2D eigenvalue weighted by molar-refractivity contribution is -0.145. The van der Waals surface area contributed by atoms with Crippen molar-refractivity contribution >= 4 is 17.6 Å². The van der Waals surface area contributed by atoms with Crippen LogP contribution in [0.15, 0.2) is 35.4 Å². The molecule has 3 rings (SSSR count). The van der Waals surface area contributed by atoms with Gasteiger partial charge in [0.2, 0.25) is 0 Å². The minimum absolute atomic E-state index is 0.123. The van der Waals surface area contributed by atoms with Crippen molar-refractivity contribution in [2.24, 2.45) is 16.4 Å². The van der Waals surface area contributed by atoms with Gasteiger partial charge in [0.25, 0.3) is 5.91 Å². The van der Waals surface area contributed by atoms with Gasteiger partial charge in [0.15, 0.2) is 0 Å². The third-order valence-electron chi connectivity index (χ3n) is 3.84. The number of amides is 1. The van der Waals surface area contributed by atoms with E-state index in [-0.39, 0.29) is 11.9 Å². The molecule has 1 aromatic rings. The maximum absolute atomic E-state index is 12.3. The van der Waals surface area contributed by atoms with E-state index in [1.54, 1.807) is 7.05 Å². The van der Waals surface area contributed by atoms with Gasteiger partial charge in [-0.2, -0.15) is 5.10 Å². The molecular weight excluding hydrogens is 244 g/mol. The van der Waals surface area contributed by atoms with E-state index in [0.717, 1.165) is 5.56 Å². The van der Waals surface area contributed by atoms with E-state index in [2.05, 4.69) is 5.10 Å². The van der Waals surface area contributed by atoms with Gasteiger partial charge in [0.1, 0.15) is 5.41 Å². The summed E-state index contributed by atoms with van der Waals surface area (Å²) in [7, 11) is 2.96. The van der Waals surface area contributed by atoms with E-state index < -0.39 is 11.3 Å². The summed E-state index contributed by atoms with van der Waals surface area (Å²) in [5.74, 6) is -0.872. The second-order valence-electron chi connectivity index (χ2n) is 4.89. The zero-order valence-corrected chi connectivity index (χ0v) is 10.8. The van der Waals surface area contributed by atoms with Gasteiger partial charge in [-0.3, -0.25) is 9.59 Å². The number of carbonyl (C=O) groups excluding carboxylic acids is 2. The number of esters is 1. The summed E-state index contributed by atoms with van der Waals surface area (Å²) in [6.07, 6.45) is 0.483. The Morgan fingerprint density at radius 2 is 2.11 bits per heavy atom. The molecule has 1 aromatic carbocycles. The summed E-state index contributed by atoms with van der Waals surface area (Å²) in [5.41, 5.74) is 0.756. The third kappa shape index (κ3) is 1.51. The maximum Gasteiger partial charge on any atom is 0.310 e. The number of hydrazone groups is 1. The van der Waals surface area contributed by atoms with E-state index in [1.165, 1.54) is 12.1 Å². The molecule has 1 aliphatic heterocycles. The molecule has 1 heterocycles. The molecule has 1 aliphatic carbocycles. The van der Waals surface area contributed by atoms with Crippen molar-refractivity contribution in [3.05, 3.63) is 35.9 Å². The summed E-state index contributed by atoms with van der Waals surface area (Å²) in [6.45, 7) is 0. The second kappa shape index (κ2) is 3.91. The van der Waals surface area contributed by atoms with Crippen LogP contribution in [0.25, 0.3) is 0 Å². The van der Waals surface area contributed by atoms with Crippen LogP contribution in [-0.2, 0) is 14.3 Å². The maximum atomic E-state index is 12.3. The Hall–Kier alpha value is -2.17. The molecule has 1 unspecified atom stereocenters. The van der Waals surface area contributed by atoms with E-state index in [0.29, 0.717) is 12.1 Å². The van der Waals surface area contributed by atoms with E-state index in [4.69, 9.17) is 4.74 Å². The minimum Gasteiger partial charge on any atom is -0.469 e. The van der Waals surface area contributed by atoms with Crippen molar-refractivity contribution in [1.82, 2.24) is 5.01 Å². The van der Waals surface area contributed by atoms with Gasteiger partial charge in [-0.25, -0.2) is 5.01 Å². The standard InChI is InChI=1S/C14H14N2O3/c1-16-13(18)14(8-10(14)12(17)19-2)11(15-16)9-6-4-3-5-7-9/h3-7,10H,8H2,1-2H3/t10?,14-/m0/s1. The fourth-order valence-electron chi connectivity index (χ4n) is 2.77. The van der Waals surface area contributed by atoms with Crippen LogP contribution in [0.1, 0.15) is 12.0 Å². The van der Waals surface area contributed by atoms with Gasteiger partial charge in [-0.1, -0.05) is 30.3 Å². The van der Waals surface area contributed by atoms with E-state index in [1.807, 2.05) is 30.3 Å². The van der Waals surface area contributed by atoms with Crippen LogP contribution in [-0.4, -0.2) is 36.8 Å². The number of benzene rings is 1. The van der Waals surface area contributed by atoms with Crippen molar-refractivity contribution < 1.29 is 14.3 Å². The topological polar surface area (TPSA) is 59.0 Å². The van der Waals surface area contributed by atoms with Gasteiger partial charge in [-0.15, -0.1) is 0 Å². The number of hydrogen-bond acceptors (Lipinski definition) is 4. The summed E-state index contributed by atoms with van der Waals surface area (Å²) < 4.78 is 4.76. The van der Waals surface area contributed by atoms with Crippen LogP contribution in [0, 0.1) is 11.3 Å². The summed E-state index contributed by atoms with van der Waals surface area (Å²) >= 11 is 0. The molecule has 19 heavy (non-hydrogen) atoms. The van der Waals surface area contributed by atoms with Crippen molar-refractivity contribution in [3.63, 3.8) is 0 Å². The highest BCUT2D eigenvalue weighted by atomic mass is 16.5. The van der Waals surface area contributed by atoms with Gasteiger partial charge in [0.05, 0.1) is 18.7 Å². The molecule has 0 N–H and O–H groups in total. The number of rotatable bonds is 2. The lowest BCUT2D eigenvalue weighted by Crippen LogP contribution is -2.30. The van der Waals surface area contributed by atoms with Crippen molar-refractivity contribution in [1.29, 1.82) is 0 Å². The monoisotopic (exact) mass is 258 g/mol. The Bertz CT molecular complexity index is 582. The highest BCUT2D eigenvalue weighted by Crippen LogP contribution is 2.58. The molecule has 2 aliphatic rings. The van der Waals surface area contributed by atoms with Crippen LogP contribution in [0.3, 0.4) is 0 Å². The van der Waals surface area contributed by atoms with Crippen LogP contribution in [0.4, 0.5) is 0 Å². The predicted molar refractivity (Wildman–Crippen MR) is 68.3 cm³/mol. The summed E-state index contributed by atoms with van der Waals surface area (Å²) in [4.78, 5) is 24.0. The van der Waals surface area contributed by atoms with Gasteiger partial charge in [-0.05, 0) is 12.0 Å². The molecule has 1 saturated carbocycles. The number of methoxy groups -OCH3 is 1. The SMILES string of the molecule is COC(=O)C1C[C@]12C(=O)N(C)N=C2c1ccccc1. The molecule has 0 saturated heterocycles. The molecule has 0 aromatic heterocycles. The zero-order chi connectivity index (χ0) is 13.6. The normalized spacial score (nSPS) is 28.5. The predicted octanol–water partition coefficient (Wildman–Crippen LogP) is 1.04. The van der Waals surface area contributed by atoms with Gasteiger partial charge in [0, 0.05) is 7.05 Å². The number of ether oxygens (including phenoxy) is 1. The highest BCUT2D eigenvalue weighted by Gasteiger charge is 2.70. The fraction of sp³-hybridized carbons (Fsp3) is 0.357. The van der Waals surface area contributed by atoms with E-state index >= 15 is 0 Å². The molecule has 98 valence electrons. The Balaban J connectivity index is 2.02. The van der Waals surface area contributed by atoms with Crippen LogP contribution >= 0.6 is 0 Å². The Labute approximate surface area is 110 Å². The smallest absolute Gasteiger partial charge is 0.310 e. The number of carbonyl (C=O) groups is 2. The quantitative estimate of drug-likeness (QED) is 0.745. The van der Waals surface area contributed by atoms with E-state index in [9.17, 15) is 9.59 Å². The van der Waals surface area contributed by atoms with Crippen molar-refractivity contribution in [2.45, 2.75) is 6.42 Å². The lowest BCUT2D eigenvalue weighted by atomic mass is 9.91. The number of nitrogens with zero attached hydrogens (tertiary/aromatic N) is 2. The first-order chi connectivity index (χ1) is 9.11. The number of hydrogen-bond donors (Lipinski definition) is 0. The summed E-state index contributed by atoms with van der Waals surface area (Å²) in [6, 6.07) is 9.50. The van der Waals surface area contributed by atoms with Crippen LogP contribution in [0.5, 0.6) is 0 Å². The first kappa shape index (κ1) is 11.9. The third-order valence-corrected chi connectivity index (χ3v) is 3.84. The molecule has 5 nitrogen and oxygen atoms in total.